The van der Waals surface area contributed by atoms with E-state index in [0.29, 0.717) is 12.6 Å². The van der Waals surface area contributed by atoms with Gasteiger partial charge in [-0.05, 0) is 31.9 Å². The van der Waals surface area contributed by atoms with Gasteiger partial charge in [0.15, 0.2) is 0 Å². The molecule has 0 unspecified atom stereocenters. The normalized spacial score (nSPS) is 15.8. The standard InChI is InChI=1S/C12H19N3O2S/c1-10-3-2-4-12(15-10)9-14-18(16,17)8-7-13-11-5-6-11/h2-4,11,13-14H,5-9H2,1H3. The summed E-state index contributed by atoms with van der Waals surface area (Å²) >= 11 is 0. The number of rotatable bonds is 7. The van der Waals surface area contributed by atoms with E-state index in [1.807, 2.05) is 25.1 Å². The minimum atomic E-state index is -3.21. The number of sulfonamides is 1. The topological polar surface area (TPSA) is 71.1 Å². The van der Waals surface area contributed by atoms with Crippen molar-refractivity contribution in [1.82, 2.24) is 15.0 Å². The maximum Gasteiger partial charge on any atom is 0.213 e. The highest BCUT2D eigenvalue weighted by molar-refractivity contribution is 7.89. The number of nitrogens with one attached hydrogen (secondary N) is 2. The molecular weight excluding hydrogens is 250 g/mol. The fraction of sp³-hybridized carbons (Fsp3) is 0.583. The van der Waals surface area contributed by atoms with Gasteiger partial charge in [-0.15, -0.1) is 0 Å². The van der Waals surface area contributed by atoms with E-state index in [0.717, 1.165) is 11.4 Å². The monoisotopic (exact) mass is 269 g/mol. The first-order chi connectivity index (χ1) is 8.55. The van der Waals surface area contributed by atoms with Crippen LogP contribution in [0.3, 0.4) is 0 Å². The molecule has 1 aliphatic rings. The van der Waals surface area contributed by atoms with Gasteiger partial charge in [-0.3, -0.25) is 4.98 Å². The van der Waals surface area contributed by atoms with Crippen molar-refractivity contribution in [3.63, 3.8) is 0 Å². The van der Waals surface area contributed by atoms with Crippen molar-refractivity contribution in [2.45, 2.75) is 32.4 Å². The van der Waals surface area contributed by atoms with Gasteiger partial charge in [-0.2, -0.15) is 0 Å². The number of nitrogens with zero attached hydrogens (tertiary/aromatic N) is 1. The van der Waals surface area contributed by atoms with Crippen molar-refractivity contribution < 1.29 is 8.42 Å². The Labute approximate surface area is 108 Å². The molecule has 1 heterocycles. The van der Waals surface area contributed by atoms with Crippen LogP contribution in [0.15, 0.2) is 18.2 Å². The van der Waals surface area contributed by atoms with Gasteiger partial charge in [0.2, 0.25) is 10.0 Å². The van der Waals surface area contributed by atoms with Gasteiger partial charge in [-0.1, -0.05) is 6.07 Å². The molecule has 0 aliphatic heterocycles. The quantitative estimate of drug-likeness (QED) is 0.759. The van der Waals surface area contributed by atoms with Crippen LogP contribution in [-0.2, 0) is 16.6 Å². The van der Waals surface area contributed by atoms with E-state index in [9.17, 15) is 8.42 Å². The van der Waals surface area contributed by atoms with E-state index in [-0.39, 0.29) is 12.3 Å². The maximum atomic E-state index is 11.7. The van der Waals surface area contributed by atoms with Crippen LogP contribution < -0.4 is 10.0 Å². The van der Waals surface area contributed by atoms with Gasteiger partial charge in [-0.25, -0.2) is 13.1 Å². The molecule has 1 aromatic rings. The third-order valence-electron chi connectivity index (χ3n) is 2.80. The third kappa shape index (κ3) is 4.72. The zero-order valence-electron chi connectivity index (χ0n) is 10.5. The lowest BCUT2D eigenvalue weighted by Crippen LogP contribution is -2.32. The summed E-state index contributed by atoms with van der Waals surface area (Å²) in [5.41, 5.74) is 1.64. The van der Waals surface area contributed by atoms with Crippen LogP contribution in [-0.4, -0.2) is 31.7 Å². The van der Waals surface area contributed by atoms with Crippen LogP contribution >= 0.6 is 0 Å². The highest BCUT2D eigenvalue weighted by Gasteiger charge is 2.21. The maximum absolute atomic E-state index is 11.7. The van der Waals surface area contributed by atoms with Crippen molar-refractivity contribution in [2.24, 2.45) is 0 Å². The first kappa shape index (κ1) is 13.5. The molecule has 1 fully saturated rings. The lowest BCUT2D eigenvalue weighted by molar-refractivity contribution is 0.575. The molecular formula is C12H19N3O2S. The summed E-state index contributed by atoms with van der Waals surface area (Å²) in [7, 11) is -3.21. The van der Waals surface area contributed by atoms with Gasteiger partial charge < -0.3 is 5.32 Å². The largest absolute Gasteiger partial charge is 0.313 e. The molecule has 0 atom stereocenters. The Morgan fingerprint density at radius 1 is 1.39 bits per heavy atom. The SMILES string of the molecule is Cc1cccc(CNS(=O)(=O)CCNC2CC2)n1. The van der Waals surface area contributed by atoms with Crippen molar-refractivity contribution in [3.8, 4) is 0 Å². The summed E-state index contributed by atoms with van der Waals surface area (Å²) in [4.78, 5) is 4.25. The highest BCUT2D eigenvalue weighted by atomic mass is 32.2. The molecule has 2 rings (SSSR count). The first-order valence-corrected chi connectivity index (χ1v) is 7.84. The van der Waals surface area contributed by atoms with Crippen molar-refractivity contribution in [3.05, 3.63) is 29.6 Å². The van der Waals surface area contributed by atoms with Crippen LogP contribution in [0, 0.1) is 6.92 Å². The molecule has 18 heavy (non-hydrogen) atoms. The first-order valence-electron chi connectivity index (χ1n) is 6.18. The molecule has 0 radical (unpaired) electrons. The van der Waals surface area contributed by atoms with Crippen molar-refractivity contribution in [1.29, 1.82) is 0 Å². The zero-order chi connectivity index (χ0) is 13.0. The highest BCUT2D eigenvalue weighted by Crippen LogP contribution is 2.17. The third-order valence-corrected chi connectivity index (χ3v) is 4.13. The predicted octanol–water partition coefficient (Wildman–Crippen LogP) is 0.561. The fourth-order valence-corrected chi connectivity index (χ4v) is 2.54. The molecule has 0 saturated heterocycles. The summed E-state index contributed by atoms with van der Waals surface area (Å²) in [5, 5.41) is 3.19. The number of pyridine rings is 1. The van der Waals surface area contributed by atoms with E-state index in [4.69, 9.17) is 0 Å². The van der Waals surface area contributed by atoms with E-state index in [2.05, 4.69) is 15.0 Å². The molecule has 1 aromatic heterocycles. The van der Waals surface area contributed by atoms with Crippen LogP contribution in [0.25, 0.3) is 0 Å². The van der Waals surface area contributed by atoms with E-state index in [1.54, 1.807) is 0 Å². The Bertz CT molecular complexity index is 498. The average molecular weight is 269 g/mol. The second-order valence-corrected chi connectivity index (χ2v) is 6.57. The predicted molar refractivity (Wildman–Crippen MR) is 70.6 cm³/mol. The molecule has 100 valence electrons. The zero-order valence-corrected chi connectivity index (χ0v) is 11.3. The van der Waals surface area contributed by atoms with Gasteiger partial charge in [0.1, 0.15) is 0 Å². The van der Waals surface area contributed by atoms with Gasteiger partial charge in [0.25, 0.3) is 0 Å². The lowest BCUT2D eigenvalue weighted by atomic mass is 10.3. The Balaban J connectivity index is 1.76. The molecule has 0 amide bonds. The molecule has 0 bridgehead atoms. The smallest absolute Gasteiger partial charge is 0.213 e. The summed E-state index contributed by atoms with van der Waals surface area (Å²) in [6.07, 6.45) is 2.33. The fourth-order valence-electron chi connectivity index (χ4n) is 1.64. The summed E-state index contributed by atoms with van der Waals surface area (Å²) in [5.74, 6) is 0.120. The number of aromatic nitrogens is 1. The minimum absolute atomic E-state index is 0.120. The van der Waals surface area contributed by atoms with Gasteiger partial charge in [0.05, 0.1) is 18.0 Å². The molecule has 5 nitrogen and oxygen atoms in total. The lowest BCUT2D eigenvalue weighted by Gasteiger charge is -2.07. The summed E-state index contributed by atoms with van der Waals surface area (Å²) in [6.45, 7) is 2.66. The Kier molecular flexibility index (Phi) is 4.31. The van der Waals surface area contributed by atoms with Crippen LogP contribution in [0.1, 0.15) is 24.2 Å². The summed E-state index contributed by atoms with van der Waals surface area (Å²) < 4.78 is 26.0. The number of hydrogen-bond donors (Lipinski definition) is 2. The van der Waals surface area contributed by atoms with Crippen molar-refractivity contribution >= 4 is 10.0 Å². The van der Waals surface area contributed by atoms with E-state index >= 15 is 0 Å². The molecule has 1 saturated carbocycles. The Hall–Kier alpha value is -0.980. The second-order valence-electron chi connectivity index (χ2n) is 4.64. The number of aryl methyl sites for hydroxylation is 1. The summed E-state index contributed by atoms with van der Waals surface area (Å²) in [6, 6.07) is 6.12. The number of hydrogen-bond acceptors (Lipinski definition) is 4. The molecule has 2 N–H and O–H groups in total. The minimum Gasteiger partial charge on any atom is -0.313 e. The van der Waals surface area contributed by atoms with Gasteiger partial charge in [0, 0.05) is 18.3 Å². The van der Waals surface area contributed by atoms with Crippen molar-refractivity contribution in [2.75, 3.05) is 12.3 Å². The second kappa shape index (κ2) is 5.77. The van der Waals surface area contributed by atoms with Gasteiger partial charge >= 0.3 is 0 Å². The Morgan fingerprint density at radius 2 is 2.17 bits per heavy atom. The molecule has 1 aliphatic carbocycles. The van der Waals surface area contributed by atoms with Crippen LogP contribution in [0.2, 0.25) is 0 Å². The molecule has 0 spiro atoms. The molecule has 0 aromatic carbocycles. The van der Waals surface area contributed by atoms with E-state index in [1.165, 1.54) is 12.8 Å². The van der Waals surface area contributed by atoms with Crippen LogP contribution in [0.5, 0.6) is 0 Å². The Morgan fingerprint density at radius 3 is 2.83 bits per heavy atom. The van der Waals surface area contributed by atoms with Crippen LogP contribution in [0.4, 0.5) is 0 Å². The molecule has 6 heteroatoms. The van der Waals surface area contributed by atoms with E-state index < -0.39 is 10.0 Å². The average Bonchev–Trinajstić information content (AvgIpc) is 3.11.